The van der Waals surface area contributed by atoms with Gasteiger partial charge < -0.3 is 24.4 Å². The number of ether oxygens (including phenoxy) is 2. The fourth-order valence-corrected chi connectivity index (χ4v) is 6.20. The van der Waals surface area contributed by atoms with Crippen LogP contribution in [0.2, 0.25) is 0 Å². The third-order valence-corrected chi connectivity index (χ3v) is 8.62. The lowest BCUT2D eigenvalue weighted by Gasteiger charge is -2.40. The number of pyridine rings is 1. The number of aromatic nitrogens is 1. The van der Waals surface area contributed by atoms with E-state index in [9.17, 15) is 5.11 Å². The summed E-state index contributed by atoms with van der Waals surface area (Å²) in [6, 6.07) is 14.7. The average Bonchev–Trinajstić information content (AvgIpc) is 3.41. The maximum absolute atomic E-state index is 9.86. The Bertz CT molecular complexity index is 1130. The highest BCUT2D eigenvalue weighted by atomic mass is 16.7. The van der Waals surface area contributed by atoms with Crippen LogP contribution in [0.3, 0.4) is 0 Å². The van der Waals surface area contributed by atoms with Crippen molar-refractivity contribution in [2.24, 2.45) is 5.92 Å². The summed E-state index contributed by atoms with van der Waals surface area (Å²) < 4.78 is 13.3. The van der Waals surface area contributed by atoms with E-state index in [4.69, 9.17) is 9.47 Å². The molecule has 2 fully saturated rings. The summed E-state index contributed by atoms with van der Waals surface area (Å²) in [6.45, 7) is 13.5. The number of piperazine rings is 1. The number of β-amino-alcohol motifs (C(OH)–C–C–N with tert-alkyl or cyclic N) is 1. The summed E-state index contributed by atoms with van der Waals surface area (Å²) in [5, 5.41) is 9.86. The van der Waals surface area contributed by atoms with E-state index >= 15 is 0 Å². The Labute approximate surface area is 240 Å². The number of rotatable bonds is 12. The highest BCUT2D eigenvalue weighted by molar-refractivity contribution is 5.73. The summed E-state index contributed by atoms with van der Waals surface area (Å²) in [7, 11) is 0. The molecule has 0 amide bonds. The van der Waals surface area contributed by atoms with E-state index in [2.05, 4.69) is 88.2 Å². The van der Waals surface area contributed by atoms with Crippen LogP contribution in [0.1, 0.15) is 37.3 Å². The van der Waals surface area contributed by atoms with Gasteiger partial charge in [0.1, 0.15) is 5.82 Å². The molecule has 2 aliphatic heterocycles. The molecule has 3 heterocycles. The van der Waals surface area contributed by atoms with Gasteiger partial charge in [-0.25, -0.2) is 4.98 Å². The SMILES string of the molecule is Cc1ccccc1C1=CC=CC(OCCCN2CCN(c3ccccn3)CC2)(OCCCN2CC[C@@H](O)C2)C1C. The first-order valence-electron chi connectivity index (χ1n) is 15.1. The van der Waals surface area contributed by atoms with Crippen LogP contribution in [0.25, 0.3) is 5.57 Å². The first kappa shape index (κ1) is 29.0. The standard InChI is InChI=1S/C33H46N4O3/c1-27-10-3-4-11-30(27)31-12-7-15-33(28(31)2,40-25-9-18-36-19-14-29(38)26-36)39-24-8-17-35-20-22-37(23-21-35)32-13-5-6-16-34-32/h3-7,10-13,15-16,28-29,38H,8-9,14,17-26H2,1-2H3/t28?,29-,33?/m1/s1. The molecule has 7 heteroatoms. The molecule has 0 saturated carbocycles. The normalized spacial score (nSPS) is 25.9. The summed E-state index contributed by atoms with van der Waals surface area (Å²) in [5.74, 6) is 0.351. The van der Waals surface area contributed by atoms with Crippen LogP contribution in [-0.2, 0) is 9.47 Å². The molecule has 216 valence electrons. The van der Waals surface area contributed by atoms with E-state index in [1.165, 1.54) is 16.7 Å². The number of aliphatic hydroxyl groups is 1. The van der Waals surface area contributed by atoms with Crippen LogP contribution < -0.4 is 4.90 Å². The summed E-state index contributed by atoms with van der Waals surface area (Å²) in [4.78, 5) is 11.7. The number of anilines is 1. The Morgan fingerprint density at radius 3 is 2.33 bits per heavy atom. The Hall–Kier alpha value is -2.55. The fourth-order valence-electron chi connectivity index (χ4n) is 6.20. The van der Waals surface area contributed by atoms with Crippen LogP contribution in [0.15, 0.2) is 66.9 Å². The monoisotopic (exact) mass is 546 g/mol. The van der Waals surface area contributed by atoms with Crippen molar-refractivity contribution >= 4 is 11.4 Å². The van der Waals surface area contributed by atoms with E-state index in [1.807, 2.05) is 12.3 Å². The molecule has 0 spiro atoms. The second-order valence-electron chi connectivity index (χ2n) is 11.4. The number of likely N-dealkylation sites (tertiary alicyclic amines) is 1. The van der Waals surface area contributed by atoms with Crippen molar-refractivity contribution in [2.45, 2.75) is 45.0 Å². The largest absolute Gasteiger partial charge is 0.392 e. The highest BCUT2D eigenvalue weighted by Gasteiger charge is 2.40. The van der Waals surface area contributed by atoms with Gasteiger partial charge in [-0.15, -0.1) is 0 Å². The number of allylic oxidation sites excluding steroid dienone is 2. The lowest BCUT2D eigenvalue weighted by atomic mass is 9.82. The second kappa shape index (κ2) is 13.9. The minimum Gasteiger partial charge on any atom is -0.392 e. The molecule has 0 bridgehead atoms. The topological polar surface area (TPSA) is 61.3 Å². The smallest absolute Gasteiger partial charge is 0.194 e. The van der Waals surface area contributed by atoms with E-state index in [1.54, 1.807) is 0 Å². The number of hydrogen-bond donors (Lipinski definition) is 1. The maximum atomic E-state index is 9.86. The maximum Gasteiger partial charge on any atom is 0.194 e. The van der Waals surface area contributed by atoms with E-state index in [-0.39, 0.29) is 12.0 Å². The summed E-state index contributed by atoms with van der Waals surface area (Å²) in [6.07, 6.45) is 10.9. The van der Waals surface area contributed by atoms with E-state index < -0.39 is 5.79 Å². The minimum atomic E-state index is -0.783. The number of nitrogens with zero attached hydrogens (tertiary/aromatic N) is 4. The van der Waals surface area contributed by atoms with Crippen LogP contribution in [0.4, 0.5) is 5.82 Å². The van der Waals surface area contributed by atoms with Gasteiger partial charge in [-0.3, -0.25) is 4.90 Å². The van der Waals surface area contributed by atoms with Crippen molar-refractivity contribution in [1.82, 2.24) is 14.8 Å². The molecule has 1 N–H and O–H groups in total. The third-order valence-electron chi connectivity index (χ3n) is 8.62. The molecule has 2 aromatic rings. The van der Waals surface area contributed by atoms with Gasteiger partial charge in [0.05, 0.1) is 19.3 Å². The molecule has 7 nitrogen and oxygen atoms in total. The predicted octanol–water partition coefficient (Wildman–Crippen LogP) is 4.38. The minimum absolute atomic E-state index is 0.0640. The van der Waals surface area contributed by atoms with Crippen molar-refractivity contribution < 1.29 is 14.6 Å². The van der Waals surface area contributed by atoms with Gasteiger partial charge in [-0.05, 0) is 61.1 Å². The van der Waals surface area contributed by atoms with Gasteiger partial charge >= 0.3 is 0 Å². The van der Waals surface area contributed by atoms with Crippen LogP contribution in [0, 0.1) is 12.8 Å². The van der Waals surface area contributed by atoms with E-state index in [0.717, 1.165) is 77.4 Å². The molecule has 2 unspecified atom stereocenters. The number of benzene rings is 1. The Morgan fingerprint density at radius 1 is 0.925 bits per heavy atom. The van der Waals surface area contributed by atoms with Crippen LogP contribution >= 0.6 is 0 Å². The van der Waals surface area contributed by atoms with Crippen molar-refractivity contribution in [1.29, 1.82) is 0 Å². The van der Waals surface area contributed by atoms with Crippen LogP contribution in [0.5, 0.6) is 0 Å². The molecule has 40 heavy (non-hydrogen) atoms. The Morgan fingerprint density at radius 2 is 1.65 bits per heavy atom. The van der Waals surface area contributed by atoms with Crippen molar-refractivity contribution in [3.8, 4) is 0 Å². The van der Waals surface area contributed by atoms with Gasteiger partial charge in [0.25, 0.3) is 0 Å². The van der Waals surface area contributed by atoms with Gasteiger partial charge in [-0.2, -0.15) is 0 Å². The van der Waals surface area contributed by atoms with Crippen molar-refractivity contribution in [2.75, 3.05) is 70.5 Å². The zero-order valence-electron chi connectivity index (χ0n) is 24.3. The number of hydrogen-bond acceptors (Lipinski definition) is 7. The Kier molecular flexibility index (Phi) is 10.0. The molecule has 3 aliphatic rings. The molecule has 1 aromatic carbocycles. The lowest BCUT2D eigenvalue weighted by Crippen LogP contribution is -2.47. The van der Waals surface area contributed by atoms with Crippen molar-refractivity contribution in [3.63, 3.8) is 0 Å². The lowest BCUT2D eigenvalue weighted by molar-refractivity contribution is -0.223. The summed E-state index contributed by atoms with van der Waals surface area (Å²) in [5.41, 5.74) is 3.78. The molecule has 0 radical (unpaired) electrons. The zero-order chi connectivity index (χ0) is 27.8. The molecule has 1 aliphatic carbocycles. The molecular weight excluding hydrogens is 500 g/mol. The molecule has 3 atom stereocenters. The highest BCUT2D eigenvalue weighted by Crippen LogP contribution is 2.40. The second-order valence-corrected chi connectivity index (χ2v) is 11.4. The quantitative estimate of drug-likeness (QED) is 0.313. The van der Waals surface area contributed by atoms with Gasteiger partial charge in [0, 0.05) is 64.5 Å². The Balaban J connectivity index is 1.16. The zero-order valence-corrected chi connectivity index (χ0v) is 24.3. The van der Waals surface area contributed by atoms with Crippen molar-refractivity contribution in [3.05, 3.63) is 78.0 Å². The predicted molar refractivity (Wildman–Crippen MR) is 161 cm³/mol. The molecule has 5 rings (SSSR count). The first-order chi connectivity index (χ1) is 19.5. The summed E-state index contributed by atoms with van der Waals surface area (Å²) >= 11 is 0. The van der Waals surface area contributed by atoms with Gasteiger partial charge in [0.15, 0.2) is 5.79 Å². The fraction of sp³-hybridized carbons (Fsp3) is 0.545. The van der Waals surface area contributed by atoms with Gasteiger partial charge in [-0.1, -0.05) is 49.4 Å². The average molecular weight is 547 g/mol. The third kappa shape index (κ3) is 7.20. The molecular formula is C33H46N4O3. The number of aliphatic hydroxyl groups excluding tert-OH is 1. The van der Waals surface area contributed by atoms with Gasteiger partial charge in [0.2, 0.25) is 0 Å². The molecule has 2 saturated heterocycles. The molecule has 1 aromatic heterocycles. The van der Waals surface area contributed by atoms with E-state index in [0.29, 0.717) is 13.2 Å². The first-order valence-corrected chi connectivity index (χ1v) is 15.1. The van der Waals surface area contributed by atoms with Crippen LogP contribution in [-0.4, -0.2) is 97.4 Å². The number of aryl methyl sites for hydroxylation is 1.